The molecule has 0 spiro atoms. The first kappa shape index (κ1) is 15.2. The predicted molar refractivity (Wildman–Crippen MR) is 86.1 cm³/mol. The zero-order chi connectivity index (χ0) is 15.9. The van der Waals surface area contributed by atoms with Gasteiger partial charge < -0.3 is 4.42 Å². The lowest BCUT2D eigenvalue weighted by atomic mass is 10.2. The fraction of sp³-hybridized carbons (Fsp3) is 0.533. The molecular weight excluding hydrogens is 298 g/mol. The molecule has 0 aliphatic heterocycles. The van der Waals surface area contributed by atoms with Crippen LogP contribution in [0.4, 0.5) is 0 Å². The van der Waals surface area contributed by atoms with Crippen LogP contribution in [0.25, 0.3) is 4.96 Å². The van der Waals surface area contributed by atoms with Gasteiger partial charge in [-0.3, -0.25) is 9.30 Å². The molecule has 3 aromatic heterocycles. The number of imidazole rings is 1. The van der Waals surface area contributed by atoms with Crippen LogP contribution in [-0.2, 0) is 13.0 Å². The van der Waals surface area contributed by atoms with E-state index < -0.39 is 0 Å². The average Bonchev–Trinajstić information content (AvgIpc) is 3.15. The Kier molecular flexibility index (Phi) is 4.01. The highest BCUT2D eigenvalue weighted by Crippen LogP contribution is 2.24. The van der Waals surface area contributed by atoms with Gasteiger partial charge >= 0.3 is 0 Å². The number of hydrogen-bond donors (Lipinski definition) is 0. The highest BCUT2D eigenvalue weighted by Gasteiger charge is 2.21. The molecule has 118 valence electrons. The molecule has 0 aliphatic carbocycles. The van der Waals surface area contributed by atoms with Gasteiger partial charge in [0, 0.05) is 24.0 Å². The number of aromatic nitrogens is 4. The van der Waals surface area contributed by atoms with E-state index in [0.29, 0.717) is 11.8 Å². The van der Waals surface area contributed by atoms with Crippen LogP contribution in [0.5, 0.6) is 0 Å². The first-order valence-electron chi connectivity index (χ1n) is 7.46. The zero-order valence-corrected chi connectivity index (χ0v) is 14.4. The molecule has 0 bridgehead atoms. The van der Waals surface area contributed by atoms with E-state index in [4.69, 9.17) is 4.42 Å². The molecule has 3 aromatic rings. The number of hydrogen-bond acceptors (Lipinski definition) is 6. The summed E-state index contributed by atoms with van der Waals surface area (Å²) < 4.78 is 7.86. The van der Waals surface area contributed by atoms with Crippen molar-refractivity contribution in [1.82, 2.24) is 24.5 Å². The van der Waals surface area contributed by atoms with Crippen molar-refractivity contribution in [3.63, 3.8) is 0 Å². The van der Waals surface area contributed by atoms with Gasteiger partial charge in [0.25, 0.3) is 0 Å². The Labute approximate surface area is 133 Å². The molecule has 0 saturated carbocycles. The van der Waals surface area contributed by atoms with E-state index in [9.17, 15) is 0 Å². The molecule has 3 heterocycles. The molecule has 1 unspecified atom stereocenters. The monoisotopic (exact) mass is 319 g/mol. The minimum Gasteiger partial charge on any atom is -0.424 e. The van der Waals surface area contributed by atoms with E-state index in [2.05, 4.69) is 58.5 Å². The normalized spacial score (nSPS) is 13.4. The molecule has 0 N–H and O–H groups in total. The van der Waals surface area contributed by atoms with Gasteiger partial charge in [-0.25, -0.2) is 4.98 Å². The summed E-state index contributed by atoms with van der Waals surface area (Å²) in [6, 6.07) is 0.0671. The van der Waals surface area contributed by atoms with Gasteiger partial charge in [-0.1, -0.05) is 6.92 Å². The van der Waals surface area contributed by atoms with Crippen LogP contribution in [0.3, 0.4) is 0 Å². The van der Waals surface area contributed by atoms with Gasteiger partial charge in [-0.05, 0) is 27.8 Å². The molecule has 0 aromatic carbocycles. The molecule has 0 saturated heterocycles. The summed E-state index contributed by atoms with van der Waals surface area (Å²) in [5.74, 6) is 1.35. The summed E-state index contributed by atoms with van der Waals surface area (Å²) in [6.45, 7) is 9.05. The van der Waals surface area contributed by atoms with Gasteiger partial charge in [0.2, 0.25) is 11.8 Å². The molecule has 0 aliphatic rings. The summed E-state index contributed by atoms with van der Waals surface area (Å²) >= 11 is 1.72. The Balaban J connectivity index is 1.82. The van der Waals surface area contributed by atoms with Crippen molar-refractivity contribution in [3.05, 3.63) is 34.2 Å². The molecular formula is C15H21N5OS. The Hall–Kier alpha value is -1.73. The lowest BCUT2D eigenvalue weighted by Crippen LogP contribution is -2.23. The largest absolute Gasteiger partial charge is 0.424 e. The van der Waals surface area contributed by atoms with Gasteiger partial charge in [0.1, 0.15) is 0 Å². The van der Waals surface area contributed by atoms with Crippen molar-refractivity contribution in [2.75, 3.05) is 7.05 Å². The van der Waals surface area contributed by atoms with E-state index in [-0.39, 0.29) is 6.04 Å². The third-order valence-corrected chi connectivity index (χ3v) is 4.84. The van der Waals surface area contributed by atoms with Crippen molar-refractivity contribution in [2.45, 2.75) is 46.7 Å². The lowest BCUT2D eigenvalue weighted by molar-refractivity contribution is 0.211. The van der Waals surface area contributed by atoms with E-state index in [1.807, 2.05) is 6.92 Å². The van der Waals surface area contributed by atoms with Gasteiger partial charge in [-0.15, -0.1) is 21.5 Å². The predicted octanol–water partition coefficient (Wildman–Crippen LogP) is 3.15. The van der Waals surface area contributed by atoms with Crippen LogP contribution in [0.1, 0.15) is 47.9 Å². The summed E-state index contributed by atoms with van der Waals surface area (Å²) in [4.78, 5) is 9.17. The molecule has 7 heteroatoms. The maximum atomic E-state index is 5.67. The second kappa shape index (κ2) is 5.81. The second-order valence-electron chi connectivity index (χ2n) is 5.62. The van der Waals surface area contributed by atoms with Crippen LogP contribution in [0.15, 0.2) is 10.6 Å². The van der Waals surface area contributed by atoms with Crippen molar-refractivity contribution in [2.24, 2.45) is 0 Å². The molecule has 3 rings (SSSR count). The molecule has 22 heavy (non-hydrogen) atoms. The lowest BCUT2D eigenvalue weighted by Gasteiger charge is -2.21. The minimum atomic E-state index is 0.0671. The maximum absolute atomic E-state index is 5.67. The Morgan fingerprint density at radius 1 is 1.36 bits per heavy atom. The molecule has 0 amide bonds. The fourth-order valence-electron chi connectivity index (χ4n) is 2.44. The third-order valence-electron chi connectivity index (χ3n) is 3.94. The van der Waals surface area contributed by atoms with E-state index in [1.54, 1.807) is 11.3 Å². The second-order valence-corrected chi connectivity index (χ2v) is 6.83. The first-order chi connectivity index (χ1) is 10.5. The van der Waals surface area contributed by atoms with Gasteiger partial charge in [0.15, 0.2) is 4.96 Å². The maximum Gasteiger partial charge on any atom is 0.233 e. The van der Waals surface area contributed by atoms with Crippen LogP contribution in [-0.4, -0.2) is 31.5 Å². The quantitative estimate of drug-likeness (QED) is 0.723. The fourth-order valence-corrected chi connectivity index (χ4v) is 3.33. The van der Waals surface area contributed by atoms with Crippen LogP contribution in [0.2, 0.25) is 0 Å². The highest BCUT2D eigenvalue weighted by molar-refractivity contribution is 7.17. The highest BCUT2D eigenvalue weighted by atomic mass is 32.1. The third kappa shape index (κ3) is 2.66. The van der Waals surface area contributed by atoms with E-state index in [0.717, 1.165) is 23.6 Å². The standard InChI is InChI=1S/C15H21N5OS/c1-6-13-17-18-14(21-13)11(4)19(5)8-12-10(3)16-15-20(12)7-9(2)22-15/h7,11H,6,8H2,1-5H3. The average molecular weight is 319 g/mol. The number of fused-ring (bicyclic) bond motifs is 1. The van der Waals surface area contributed by atoms with Crippen molar-refractivity contribution >= 4 is 16.3 Å². The number of rotatable bonds is 5. The Morgan fingerprint density at radius 2 is 2.14 bits per heavy atom. The van der Waals surface area contributed by atoms with Crippen molar-refractivity contribution in [1.29, 1.82) is 0 Å². The summed E-state index contributed by atoms with van der Waals surface area (Å²) in [5.41, 5.74) is 2.29. The SMILES string of the molecule is CCc1nnc(C(C)N(C)Cc2c(C)nc3sc(C)cn23)o1. The topological polar surface area (TPSA) is 59.5 Å². The van der Waals surface area contributed by atoms with Crippen LogP contribution >= 0.6 is 11.3 Å². The molecule has 0 fully saturated rings. The van der Waals surface area contributed by atoms with Gasteiger partial charge in [-0.2, -0.15) is 0 Å². The molecule has 0 radical (unpaired) electrons. The summed E-state index contributed by atoms with van der Waals surface area (Å²) in [7, 11) is 2.07. The molecule has 6 nitrogen and oxygen atoms in total. The Morgan fingerprint density at radius 3 is 2.82 bits per heavy atom. The van der Waals surface area contributed by atoms with E-state index >= 15 is 0 Å². The summed E-state index contributed by atoms with van der Waals surface area (Å²) in [6.07, 6.45) is 2.91. The molecule has 1 atom stereocenters. The van der Waals surface area contributed by atoms with Crippen LogP contribution in [0, 0.1) is 13.8 Å². The number of thiazole rings is 1. The van der Waals surface area contributed by atoms with Crippen molar-refractivity contribution < 1.29 is 4.42 Å². The number of nitrogens with zero attached hydrogens (tertiary/aromatic N) is 5. The van der Waals surface area contributed by atoms with Gasteiger partial charge in [0.05, 0.1) is 17.4 Å². The summed E-state index contributed by atoms with van der Waals surface area (Å²) in [5, 5.41) is 8.19. The zero-order valence-electron chi connectivity index (χ0n) is 13.6. The van der Waals surface area contributed by atoms with E-state index in [1.165, 1.54) is 10.6 Å². The minimum absolute atomic E-state index is 0.0671. The first-order valence-corrected chi connectivity index (χ1v) is 8.27. The smallest absolute Gasteiger partial charge is 0.233 e. The Bertz CT molecular complexity index is 787. The van der Waals surface area contributed by atoms with Crippen molar-refractivity contribution in [3.8, 4) is 0 Å². The van der Waals surface area contributed by atoms with Crippen LogP contribution < -0.4 is 0 Å². The number of aryl methyl sites for hydroxylation is 3.